The monoisotopic (exact) mass is 391 g/mol. The zero-order valence-corrected chi connectivity index (χ0v) is 15.9. The molecule has 5 nitrogen and oxygen atoms in total. The SMILES string of the molecule is Cc1c(C(=O)N2CCC([C@@H]3OCCC3C(=O)O)CC2)sc2cccc(F)c12. The Morgan fingerprint density at radius 3 is 2.67 bits per heavy atom. The van der Waals surface area contributed by atoms with E-state index in [0.717, 1.165) is 17.5 Å². The van der Waals surface area contributed by atoms with Crippen molar-refractivity contribution in [1.82, 2.24) is 4.90 Å². The number of carbonyl (C=O) groups is 2. The summed E-state index contributed by atoms with van der Waals surface area (Å²) in [6, 6.07) is 4.92. The molecule has 7 heteroatoms. The van der Waals surface area contributed by atoms with Gasteiger partial charge >= 0.3 is 5.97 Å². The number of piperidine rings is 1. The number of benzene rings is 1. The van der Waals surface area contributed by atoms with Crippen molar-refractivity contribution in [2.75, 3.05) is 19.7 Å². The number of likely N-dealkylation sites (tertiary alicyclic amines) is 1. The van der Waals surface area contributed by atoms with E-state index in [9.17, 15) is 19.1 Å². The number of thiophene rings is 1. The molecule has 1 amide bonds. The highest BCUT2D eigenvalue weighted by atomic mass is 32.1. The molecule has 0 radical (unpaired) electrons. The molecule has 1 unspecified atom stereocenters. The summed E-state index contributed by atoms with van der Waals surface area (Å²) in [7, 11) is 0. The maximum Gasteiger partial charge on any atom is 0.309 e. The van der Waals surface area contributed by atoms with Crippen LogP contribution >= 0.6 is 11.3 Å². The fourth-order valence-corrected chi connectivity index (χ4v) is 5.56. The molecule has 144 valence electrons. The summed E-state index contributed by atoms with van der Waals surface area (Å²) in [6.07, 6.45) is 1.78. The van der Waals surface area contributed by atoms with Crippen molar-refractivity contribution in [3.05, 3.63) is 34.5 Å². The summed E-state index contributed by atoms with van der Waals surface area (Å²) in [5.41, 5.74) is 0.699. The van der Waals surface area contributed by atoms with Crippen molar-refractivity contribution in [2.45, 2.75) is 32.3 Å². The molecule has 27 heavy (non-hydrogen) atoms. The van der Waals surface area contributed by atoms with Crippen LogP contribution in [0.15, 0.2) is 18.2 Å². The van der Waals surface area contributed by atoms with Gasteiger partial charge in [-0.2, -0.15) is 0 Å². The predicted octanol–water partition coefficient (Wildman–Crippen LogP) is 3.69. The van der Waals surface area contributed by atoms with Crippen LogP contribution in [0.2, 0.25) is 0 Å². The quantitative estimate of drug-likeness (QED) is 0.867. The maximum atomic E-state index is 14.1. The van der Waals surface area contributed by atoms with E-state index in [1.165, 1.54) is 17.4 Å². The number of halogens is 1. The number of fused-ring (bicyclic) bond motifs is 1. The van der Waals surface area contributed by atoms with Gasteiger partial charge in [0, 0.05) is 29.8 Å². The first-order chi connectivity index (χ1) is 13.0. The maximum absolute atomic E-state index is 14.1. The Hall–Kier alpha value is -1.99. The van der Waals surface area contributed by atoms with E-state index in [0.29, 0.717) is 41.9 Å². The third-order valence-corrected chi connectivity index (χ3v) is 7.09. The summed E-state index contributed by atoms with van der Waals surface area (Å²) in [5.74, 6) is -1.42. The Morgan fingerprint density at radius 2 is 2.00 bits per heavy atom. The molecule has 0 bridgehead atoms. The lowest BCUT2D eigenvalue weighted by molar-refractivity contribution is -0.145. The van der Waals surface area contributed by atoms with Gasteiger partial charge in [0.1, 0.15) is 5.82 Å². The van der Waals surface area contributed by atoms with Crippen LogP contribution in [-0.2, 0) is 9.53 Å². The van der Waals surface area contributed by atoms with E-state index in [-0.39, 0.29) is 23.7 Å². The number of hydrogen-bond acceptors (Lipinski definition) is 4. The Balaban J connectivity index is 1.47. The minimum absolute atomic E-state index is 0.0614. The fraction of sp³-hybridized carbons (Fsp3) is 0.500. The van der Waals surface area contributed by atoms with Crippen LogP contribution < -0.4 is 0 Å². The Bertz CT molecular complexity index is 887. The molecule has 0 saturated carbocycles. The number of carbonyl (C=O) groups excluding carboxylic acids is 1. The smallest absolute Gasteiger partial charge is 0.309 e. The standard InChI is InChI=1S/C20H22FNO4S/c1-11-16-14(21)3-2-4-15(16)27-18(11)19(23)22-8-5-12(6-9-22)17-13(20(24)25)7-10-26-17/h2-4,12-13,17H,5-10H2,1H3,(H,24,25)/t13?,17-/m0/s1. The van der Waals surface area contributed by atoms with Crippen LogP contribution in [0.1, 0.15) is 34.5 Å². The Labute approximate surface area is 160 Å². The lowest BCUT2D eigenvalue weighted by Gasteiger charge is -2.35. The highest BCUT2D eigenvalue weighted by molar-refractivity contribution is 7.21. The van der Waals surface area contributed by atoms with E-state index >= 15 is 0 Å². The van der Waals surface area contributed by atoms with Crippen LogP contribution in [0.5, 0.6) is 0 Å². The minimum atomic E-state index is -0.793. The number of rotatable bonds is 3. The zero-order valence-electron chi connectivity index (χ0n) is 15.1. The van der Waals surface area contributed by atoms with Crippen LogP contribution in [0, 0.1) is 24.6 Å². The summed E-state index contributed by atoms with van der Waals surface area (Å²) in [4.78, 5) is 26.8. The van der Waals surface area contributed by atoms with Crippen LogP contribution in [-0.4, -0.2) is 47.7 Å². The number of ether oxygens (including phenoxy) is 1. The number of amides is 1. The van der Waals surface area contributed by atoms with Crippen LogP contribution in [0.3, 0.4) is 0 Å². The average molecular weight is 391 g/mol. The molecule has 4 rings (SSSR count). The van der Waals surface area contributed by atoms with Gasteiger partial charge in [-0.05, 0) is 49.8 Å². The summed E-state index contributed by atoms with van der Waals surface area (Å²) < 4.78 is 20.6. The second-order valence-corrected chi connectivity index (χ2v) is 8.42. The van der Waals surface area contributed by atoms with Gasteiger partial charge in [-0.1, -0.05) is 6.07 Å². The molecule has 3 heterocycles. The van der Waals surface area contributed by atoms with Gasteiger partial charge in [-0.3, -0.25) is 9.59 Å². The molecule has 2 fully saturated rings. The predicted molar refractivity (Wildman–Crippen MR) is 101 cm³/mol. The van der Waals surface area contributed by atoms with Crippen molar-refractivity contribution in [3.8, 4) is 0 Å². The van der Waals surface area contributed by atoms with Gasteiger partial charge in [-0.25, -0.2) is 4.39 Å². The van der Waals surface area contributed by atoms with Crippen molar-refractivity contribution in [1.29, 1.82) is 0 Å². The van der Waals surface area contributed by atoms with Crippen molar-refractivity contribution >= 4 is 33.3 Å². The van der Waals surface area contributed by atoms with Crippen LogP contribution in [0.4, 0.5) is 4.39 Å². The normalized spacial score (nSPS) is 23.9. The summed E-state index contributed by atoms with van der Waals surface area (Å²) in [5, 5.41) is 9.88. The lowest BCUT2D eigenvalue weighted by atomic mass is 9.84. The highest BCUT2D eigenvalue weighted by Gasteiger charge is 2.41. The van der Waals surface area contributed by atoms with E-state index in [4.69, 9.17) is 4.74 Å². The Morgan fingerprint density at radius 1 is 1.26 bits per heavy atom. The van der Waals surface area contributed by atoms with Gasteiger partial charge in [0.15, 0.2) is 0 Å². The van der Waals surface area contributed by atoms with E-state index < -0.39 is 11.9 Å². The van der Waals surface area contributed by atoms with E-state index in [2.05, 4.69) is 0 Å². The van der Waals surface area contributed by atoms with E-state index in [1.807, 2.05) is 6.07 Å². The Kier molecular flexibility index (Phi) is 4.90. The molecule has 0 spiro atoms. The van der Waals surface area contributed by atoms with Crippen molar-refractivity contribution in [3.63, 3.8) is 0 Å². The molecule has 0 aliphatic carbocycles. The largest absolute Gasteiger partial charge is 0.481 e. The van der Waals surface area contributed by atoms with Crippen LogP contribution in [0.25, 0.3) is 10.1 Å². The van der Waals surface area contributed by atoms with Gasteiger partial charge in [0.2, 0.25) is 0 Å². The van der Waals surface area contributed by atoms with Gasteiger partial charge < -0.3 is 14.7 Å². The average Bonchev–Trinajstić information content (AvgIpc) is 3.27. The van der Waals surface area contributed by atoms with Crippen molar-refractivity contribution in [2.24, 2.45) is 11.8 Å². The van der Waals surface area contributed by atoms with Gasteiger partial charge in [0.05, 0.1) is 16.9 Å². The van der Waals surface area contributed by atoms with Gasteiger partial charge in [0.25, 0.3) is 5.91 Å². The lowest BCUT2D eigenvalue weighted by Crippen LogP contribution is -2.43. The molecule has 1 N–H and O–H groups in total. The number of carboxylic acid groups (broad SMARTS) is 1. The second kappa shape index (κ2) is 7.20. The summed E-state index contributed by atoms with van der Waals surface area (Å²) in [6.45, 7) is 3.44. The molecule has 2 aliphatic heterocycles. The molecule has 2 aromatic rings. The number of nitrogens with zero attached hydrogens (tertiary/aromatic N) is 1. The third kappa shape index (κ3) is 3.23. The molecular formula is C20H22FNO4S. The molecule has 2 saturated heterocycles. The zero-order chi connectivity index (χ0) is 19.1. The first-order valence-electron chi connectivity index (χ1n) is 9.28. The number of carboxylic acids is 1. The van der Waals surface area contributed by atoms with E-state index in [1.54, 1.807) is 17.9 Å². The first-order valence-corrected chi connectivity index (χ1v) is 10.1. The number of hydrogen-bond donors (Lipinski definition) is 1. The molecule has 1 aromatic heterocycles. The minimum Gasteiger partial charge on any atom is -0.481 e. The topological polar surface area (TPSA) is 66.8 Å². The fourth-order valence-electron chi connectivity index (χ4n) is 4.37. The number of aryl methyl sites for hydroxylation is 1. The van der Waals surface area contributed by atoms with Gasteiger partial charge in [-0.15, -0.1) is 11.3 Å². The summed E-state index contributed by atoms with van der Waals surface area (Å²) >= 11 is 1.34. The third-order valence-electron chi connectivity index (χ3n) is 5.84. The first kappa shape index (κ1) is 18.4. The molecule has 1 aromatic carbocycles. The number of aliphatic carboxylic acids is 1. The molecule has 2 aliphatic rings. The second-order valence-electron chi connectivity index (χ2n) is 7.37. The highest BCUT2D eigenvalue weighted by Crippen LogP contribution is 2.36. The van der Waals surface area contributed by atoms with Crippen molar-refractivity contribution < 1.29 is 23.8 Å². The molecular weight excluding hydrogens is 369 g/mol. The molecule has 2 atom stereocenters.